The third-order valence-electron chi connectivity index (χ3n) is 4.88. The minimum Gasteiger partial charge on any atom is -0.337 e. The van der Waals surface area contributed by atoms with Crippen LogP contribution in [0.2, 0.25) is 0 Å². The zero-order valence-electron chi connectivity index (χ0n) is 12.7. The largest absolute Gasteiger partial charge is 0.431 e. The van der Waals surface area contributed by atoms with Crippen molar-refractivity contribution in [3.8, 4) is 0 Å². The lowest BCUT2D eigenvalue weighted by atomic mass is 10.1. The molecule has 2 saturated heterocycles. The molecule has 1 aromatic rings. The molecule has 0 aromatic carbocycles. The minimum absolute atomic E-state index is 0.238. The van der Waals surface area contributed by atoms with Crippen molar-refractivity contribution in [1.29, 1.82) is 0 Å². The summed E-state index contributed by atoms with van der Waals surface area (Å²) in [7, 11) is 2.03. The van der Waals surface area contributed by atoms with Gasteiger partial charge < -0.3 is 9.88 Å². The standard InChI is InChI=1S/C15H18F3N3O2/c1-20-9-2-3-10(20)8-21(7-6-9)14(23)11-4-5-12(15(16,17)18)19-13(11)22/h4-5,9-10H,2-3,6-8H2,1H3,(H,19,22)/t9-,10+/m0/s1. The normalized spacial score (nSPS) is 25.5. The lowest BCUT2D eigenvalue weighted by Gasteiger charge is -2.25. The van der Waals surface area contributed by atoms with E-state index in [0.29, 0.717) is 19.1 Å². The summed E-state index contributed by atoms with van der Waals surface area (Å²) in [6.07, 6.45) is -1.72. The molecule has 5 nitrogen and oxygen atoms in total. The molecule has 23 heavy (non-hydrogen) atoms. The van der Waals surface area contributed by atoms with Gasteiger partial charge in [-0.2, -0.15) is 13.2 Å². The van der Waals surface area contributed by atoms with Gasteiger partial charge in [0.25, 0.3) is 11.5 Å². The number of aromatic nitrogens is 1. The summed E-state index contributed by atoms with van der Waals surface area (Å²) in [6.45, 7) is 1.02. The molecule has 1 N–H and O–H groups in total. The average Bonchev–Trinajstić information content (AvgIpc) is 2.70. The third-order valence-corrected chi connectivity index (χ3v) is 4.88. The van der Waals surface area contributed by atoms with Crippen LogP contribution < -0.4 is 5.56 Å². The molecule has 2 atom stereocenters. The number of alkyl halides is 3. The van der Waals surface area contributed by atoms with Crippen molar-refractivity contribution in [2.75, 3.05) is 20.1 Å². The van der Waals surface area contributed by atoms with E-state index in [1.807, 2.05) is 7.05 Å². The number of likely N-dealkylation sites (N-methyl/N-ethyl adjacent to an activating group) is 1. The number of aromatic amines is 1. The first-order valence-electron chi connectivity index (χ1n) is 7.59. The number of likely N-dealkylation sites (tertiary alicyclic amines) is 1. The SMILES string of the molecule is CN1[C@H]2CC[C@@H]1CN(C(=O)c1ccc(C(F)(F)F)[nH]c1=O)CC2. The van der Waals surface area contributed by atoms with Crippen molar-refractivity contribution in [2.45, 2.75) is 37.5 Å². The first kappa shape index (κ1) is 16.0. The zero-order valence-corrected chi connectivity index (χ0v) is 12.7. The van der Waals surface area contributed by atoms with Crippen molar-refractivity contribution in [1.82, 2.24) is 14.8 Å². The molecule has 3 heterocycles. The lowest BCUT2D eigenvalue weighted by molar-refractivity contribution is -0.141. The minimum atomic E-state index is -4.63. The molecule has 1 aromatic heterocycles. The Morgan fingerprint density at radius 2 is 1.91 bits per heavy atom. The summed E-state index contributed by atoms with van der Waals surface area (Å²) < 4.78 is 37.7. The fourth-order valence-corrected chi connectivity index (χ4v) is 3.47. The smallest absolute Gasteiger partial charge is 0.337 e. The number of nitrogens with zero attached hydrogens (tertiary/aromatic N) is 2. The number of H-pyrrole nitrogens is 1. The van der Waals surface area contributed by atoms with Crippen molar-refractivity contribution >= 4 is 5.91 Å². The predicted molar refractivity (Wildman–Crippen MR) is 77.2 cm³/mol. The summed E-state index contributed by atoms with van der Waals surface area (Å²) in [4.78, 5) is 30.0. The van der Waals surface area contributed by atoms with Crippen LogP contribution in [0.3, 0.4) is 0 Å². The van der Waals surface area contributed by atoms with Gasteiger partial charge in [-0.3, -0.25) is 14.5 Å². The second-order valence-electron chi connectivity index (χ2n) is 6.20. The monoisotopic (exact) mass is 329 g/mol. The van der Waals surface area contributed by atoms with Crippen LogP contribution in [-0.2, 0) is 6.18 Å². The van der Waals surface area contributed by atoms with Gasteiger partial charge in [-0.25, -0.2) is 0 Å². The van der Waals surface area contributed by atoms with Gasteiger partial charge in [-0.05, 0) is 38.4 Å². The summed E-state index contributed by atoms with van der Waals surface area (Å²) >= 11 is 0. The van der Waals surface area contributed by atoms with Crippen molar-refractivity contribution < 1.29 is 18.0 Å². The fraction of sp³-hybridized carbons (Fsp3) is 0.600. The Balaban J connectivity index is 1.82. The number of carbonyl (C=O) groups is 1. The van der Waals surface area contributed by atoms with E-state index >= 15 is 0 Å². The molecule has 0 spiro atoms. The molecule has 0 saturated carbocycles. The molecule has 0 aliphatic carbocycles. The molecule has 0 unspecified atom stereocenters. The molecule has 0 radical (unpaired) electrons. The first-order valence-corrected chi connectivity index (χ1v) is 7.59. The summed E-state index contributed by atoms with van der Waals surface area (Å²) in [6, 6.07) is 2.39. The van der Waals surface area contributed by atoms with Gasteiger partial charge in [0, 0.05) is 25.2 Å². The maximum Gasteiger partial charge on any atom is 0.431 e. The molecule has 126 valence electrons. The quantitative estimate of drug-likeness (QED) is 0.853. The highest BCUT2D eigenvalue weighted by molar-refractivity contribution is 5.93. The van der Waals surface area contributed by atoms with Gasteiger partial charge in [-0.1, -0.05) is 0 Å². The Kier molecular flexibility index (Phi) is 3.95. The van der Waals surface area contributed by atoms with E-state index in [-0.39, 0.29) is 11.6 Å². The molecular formula is C15H18F3N3O2. The highest BCUT2D eigenvalue weighted by Crippen LogP contribution is 2.29. The van der Waals surface area contributed by atoms with Crippen LogP contribution in [0.5, 0.6) is 0 Å². The van der Waals surface area contributed by atoms with Crippen molar-refractivity contribution in [3.05, 3.63) is 33.7 Å². The van der Waals surface area contributed by atoms with E-state index in [4.69, 9.17) is 0 Å². The molecule has 2 fully saturated rings. The number of carbonyl (C=O) groups excluding carboxylic acids is 1. The van der Waals surface area contributed by atoms with Crippen LogP contribution in [0.4, 0.5) is 13.2 Å². The van der Waals surface area contributed by atoms with Gasteiger partial charge in [0.2, 0.25) is 0 Å². The van der Waals surface area contributed by atoms with Crippen LogP contribution in [0, 0.1) is 0 Å². The fourth-order valence-electron chi connectivity index (χ4n) is 3.47. The Morgan fingerprint density at radius 1 is 1.22 bits per heavy atom. The van der Waals surface area contributed by atoms with Crippen molar-refractivity contribution in [3.63, 3.8) is 0 Å². The van der Waals surface area contributed by atoms with Crippen LogP contribution in [0.1, 0.15) is 35.3 Å². The number of hydrogen-bond donors (Lipinski definition) is 1. The van der Waals surface area contributed by atoms with Crippen LogP contribution in [0.15, 0.2) is 16.9 Å². The first-order chi connectivity index (χ1) is 10.8. The number of halogens is 3. The number of rotatable bonds is 1. The maximum atomic E-state index is 12.6. The Morgan fingerprint density at radius 3 is 2.57 bits per heavy atom. The van der Waals surface area contributed by atoms with E-state index in [1.165, 1.54) is 0 Å². The average molecular weight is 329 g/mol. The van der Waals surface area contributed by atoms with Crippen LogP contribution in [-0.4, -0.2) is 52.9 Å². The summed E-state index contributed by atoms with van der Waals surface area (Å²) in [5.41, 5.74) is -2.38. The topological polar surface area (TPSA) is 56.4 Å². The van der Waals surface area contributed by atoms with Gasteiger partial charge in [-0.15, -0.1) is 0 Å². The Labute approximate surface area is 131 Å². The van der Waals surface area contributed by atoms with Crippen molar-refractivity contribution in [2.24, 2.45) is 0 Å². The molecular weight excluding hydrogens is 311 g/mol. The van der Waals surface area contributed by atoms with Crippen LogP contribution >= 0.6 is 0 Å². The molecule has 8 heteroatoms. The summed E-state index contributed by atoms with van der Waals surface area (Å²) in [5, 5.41) is 0. The Bertz CT molecular complexity index is 671. The maximum absolute atomic E-state index is 12.6. The van der Waals surface area contributed by atoms with Crippen LogP contribution in [0.25, 0.3) is 0 Å². The van der Waals surface area contributed by atoms with Gasteiger partial charge >= 0.3 is 6.18 Å². The number of amides is 1. The molecule has 2 aliphatic heterocycles. The van der Waals surface area contributed by atoms with Gasteiger partial charge in [0.1, 0.15) is 11.3 Å². The van der Waals surface area contributed by atoms with E-state index < -0.39 is 23.3 Å². The molecule has 2 bridgehead atoms. The lowest BCUT2D eigenvalue weighted by Crippen LogP contribution is -2.41. The van der Waals surface area contributed by atoms with Gasteiger partial charge in [0.15, 0.2) is 0 Å². The highest BCUT2D eigenvalue weighted by atomic mass is 19.4. The number of hydrogen-bond acceptors (Lipinski definition) is 3. The van der Waals surface area contributed by atoms with E-state index in [9.17, 15) is 22.8 Å². The molecule has 2 aliphatic rings. The van der Waals surface area contributed by atoms with E-state index in [0.717, 1.165) is 31.4 Å². The van der Waals surface area contributed by atoms with Gasteiger partial charge in [0.05, 0.1) is 0 Å². The summed E-state index contributed by atoms with van der Waals surface area (Å²) in [5.74, 6) is -0.499. The predicted octanol–water partition coefficient (Wildman–Crippen LogP) is 1.70. The number of fused-ring (bicyclic) bond motifs is 2. The highest BCUT2D eigenvalue weighted by Gasteiger charge is 2.37. The van der Waals surface area contributed by atoms with E-state index in [1.54, 1.807) is 9.88 Å². The molecule has 1 amide bonds. The second-order valence-corrected chi connectivity index (χ2v) is 6.20. The van der Waals surface area contributed by atoms with E-state index in [2.05, 4.69) is 4.90 Å². The third kappa shape index (κ3) is 2.99. The number of nitrogens with one attached hydrogen (secondary N) is 1. The second kappa shape index (κ2) is 5.67. The Hall–Kier alpha value is -1.83. The number of pyridine rings is 1. The molecule has 3 rings (SSSR count). The zero-order chi connectivity index (χ0) is 16.8.